The summed E-state index contributed by atoms with van der Waals surface area (Å²) in [7, 11) is 1.19. The van der Waals surface area contributed by atoms with Gasteiger partial charge in [0.05, 0.1) is 25.7 Å². The minimum absolute atomic E-state index is 0.146. The molecule has 1 aromatic heterocycles. The third-order valence-corrected chi connectivity index (χ3v) is 8.30. The molecule has 2 aromatic carbocycles. The molecule has 0 saturated carbocycles. The van der Waals surface area contributed by atoms with Crippen LogP contribution in [0, 0.1) is 0 Å². The van der Waals surface area contributed by atoms with Gasteiger partial charge < -0.3 is 18.9 Å². The maximum absolute atomic E-state index is 13.1. The number of hydrogen-bond acceptors (Lipinski definition) is 8. The summed E-state index contributed by atoms with van der Waals surface area (Å²) in [5, 5.41) is 4.00. The Morgan fingerprint density at radius 2 is 1.86 bits per heavy atom. The molecule has 11 heteroatoms. The van der Waals surface area contributed by atoms with Crippen LogP contribution in [-0.2, 0) is 27.8 Å². The van der Waals surface area contributed by atoms with Crippen LogP contribution in [0.1, 0.15) is 37.1 Å². The number of aryl methyl sites for hydroxylation is 1. The molecule has 10 nitrogen and oxygen atoms in total. The molecule has 2 heterocycles. The lowest BCUT2D eigenvalue weighted by molar-refractivity contribution is -0.130. The summed E-state index contributed by atoms with van der Waals surface area (Å²) >= 11 is 0. The molecule has 3 aromatic rings. The Hall–Kier alpha value is -3.44. The molecule has 0 atom stereocenters. The molecule has 1 amide bonds. The lowest BCUT2D eigenvalue weighted by Crippen LogP contribution is -2.35. The second-order valence-electron chi connectivity index (χ2n) is 8.93. The fraction of sp³-hybridized carbons (Fsp3) is 0.423. The predicted octanol–water partition coefficient (Wildman–Crippen LogP) is 3.52. The number of methoxy groups -OCH3 is 2. The largest absolute Gasteiger partial charge is 0.497 e. The van der Waals surface area contributed by atoms with Crippen molar-refractivity contribution >= 4 is 15.9 Å². The van der Waals surface area contributed by atoms with Crippen molar-refractivity contribution in [1.82, 2.24) is 19.3 Å². The lowest BCUT2D eigenvalue weighted by Gasteiger charge is -2.26. The van der Waals surface area contributed by atoms with Gasteiger partial charge in [-0.25, -0.2) is 8.42 Å². The molecule has 0 N–H and O–H groups in total. The highest BCUT2D eigenvalue weighted by Gasteiger charge is 2.27. The third-order valence-electron chi connectivity index (χ3n) is 6.41. The maximum atomic E-state index is 13.1. The van der Waals surface area contributed by atoms with Crippen LogP contribution in [0.15, 0.2) is 51.9 Å². The second kappa shape index (κ2) is 11.7. The van der Waals surface area contributed by atoms with E-state index in [1.165, 1.54) is 16.3 Å². The van der Waals surface area contributed by atoms with Crippen LogP contribution in [0.2, 0.25) is 0 Å². The van der Waals surface area contributed by atoms with Gasteiger partial charge in [-0.15, -0.1) is 0 Å². The Kier molecular flexibility index (Phi) is 8.45. The van der Waals surface area contributed by atoms with Crippen LogP contribution < -0.4 is 9.47 Å². The van der Waals surface area contributed by atoms with E-state index in [9.17, 15) is 13.2 Å². The van der Waals surface area contributed by atoms with Crippen molar-refractivity contribution in [1.29, 1.82) is 0 Å². The summed E-state index contributed by atoms with van der Waals surface area (Å²) in [4.78, 5) is 19.0. The first-order chi connectivity index (χ1) is 17.8. The number of amides is 1. The van der Waals surface area contributed by atoms with Gasteiger partial charge >= 0.3 is 0 Å². The molecule has 1 aliphatic heterocycles. The van der Waals surface area contributed by atoms with E-state index >= 15 is 0 Å². The first-order valence-corrected chi connectivity index (χ1v) is 13.6. The average Bonchev–Trinajstić information content (AvgIpc) is 3.40. The molecule has 0 radical (unpaired) electrons. The van der Waals surface area contributed by atoms with E-state index in [-0.39, 0.29) is 23.8 Å². The van der Waals surface area contributed by atoms with E-state index in [1.54, 1.807) is 38.4 Å². The number of sulfonamides is 1. The number of rotatable bonds is 10. The SMILES string of the molecule is COc1cccc(-c2noc(CN(C)C(=O)CCc3cc(S(=O)(=O)N4CCCCC4)ccc3OC)n2)c1. The molecule has 1 saturated heterocycles. The van der Waals surface area contributed by atoms with Crippen LogP contribution in [0.4, 0.5) is 0 Å². The quantitative estimate of drug-likeness (QED) is 0.393. The van der Waals surface area contributed by atoms with Crippen molar-refractivity contribution in [3.8, 4) is 22.9 Å². The van der Waals surface area contributed by atoms with E-state index in [4.69, 9.17) is 14.0 Å². The standard InChI is InChI=1S/C26H32N4O6S/c1-29(18-24-27-26(28-36-24)20-8-7-9-21(16-20)34-2)25(31)13-10-19-17-22(11-12-23(19)35-3)37(32,33)30-14-5-4-6-15-30/h7-9,11-12,16-17H,4-6,10,13-15,18H2,1-3H3. The number of carbonyl (C=O) groups is 1. The summed E-state index contributed by atoms with van der Waals surface area (Å²) in [5.74, 6) is 1.80. The molecule has 37 heavy (non-hydrogen) atoms. The lowest BCUT2D eigenvalue weighted by atomic mass is 10.1. The molecular weight excluding hydrogens is 496 g/mol. The van der Waals surface area contributed by atoms with Gasteiger partial charge in [-0.2, -0.15) is 9.29 Å². The highest BCUT2D eigenvalue weighted by molar-refractivity contribution is 7.89. The molecule has 1 aliphatic rings. The van der Waals surface area contributed by atoms with Crippen LogP contribution in [0.5, 0.6) is 11.5 Å². The Morgan fingerprint density at radius 1 is 1.08 bits per heavy atom. The predicted molar refractivity (Wildman–Crippen MR) is 137 cm³/mol. The Bertz CT molecular complexity index is 1330. The Morgan fingerprint density at radius 3 is 2.59 bits per heavy atom. The highest BCUT2D eigenvalue weighted by atomic mass is 32.2. The van der Waals surface area contributed by atoms with E-state index in [2.05, 4.69) is 10.1 Å². The Labute approximate surface area is 217 Å². The molecule has 4 rings (SSSR count). The molecule has 198 valence electrons. The van der Waals surface area contributed by atoms with Crippen molar-refractivity contribution in [2.45, 2.75) is 43.5 Å². The zero-order valence-corrected chi connectivity index (χ0v) is 22.2. The van der Waals surface area contributed by atoms with Gasteiger partial charge in [0.1, 0.15) is 11.5 Å². The van der Waals surface area contributed by atoms with Crippen molar-refractivity contribution < 1.29 is 27.2 Å². The topological polar surface area (TPSA) is 115 Å². The number of nitrogens with zero attached hydrogens (tertiary/aromatic N) is 4. The van der Waals surface area contributed by atoms with Gasteiger partial charge in [0, 0.05) is 32.1 Å². The third kappa shape index (κ3) is 6.28. The minimum atomic E-state index is -3.58. The first kappa shape index (κ1) is 26.6. The van der Waals surface area contributed by atoms with Crippen molar-refractivity contribution in [2.75, 3.05) is 34.4 Å². The molecule has 0 bridgehead atoms. The molecule has 0 aliphatic carbocycles. The van der Waals surface area contributed by atoms with Gasteiger partial charge in [0.2, 0.25) is 27.6 Å². The second-order valence-corrected chi connectivity index (χ2v) is 10.9. The van der Waals surface area contributed by atoms with Crippen LogP contribution in [0.3, 0.4) is 0 Å². The fourth-order valence-corrected chi connectivity index (χ4v) is 5.86. The summed E-state index contributed by atoms with van der Waals surface area (Å²) in [6.45, 7) is 1.21. The number of carbonyl (C=O) groups excluding carboxylic acids is 1. The highest BCUT2D eigenvalue weighted by Crippen LogP contribution is 2.27. The number of benzene rings is 2. The van der Waals surface area contributed by atoms with E-state index < -0.39 is 10.0 Å². The number of aromatic nitrogens is 2. The summed E-state index contributed by atoms with van der Waals surface area (Å²) < 4.78 is 43.8. The maximum Gasteiger partial charge on any atom is 0.246 e. The van der Waals surface area contributed by atoms with Gasteiger partial charge in [0.25, 0.3) is 0 Å². The van der Waals surface area contributed by atoms with Gasteiger partial charge in [-0.1, -0.05) is 23.7 Å². The van der Waals surface area contributed by atoms with Crippen molar-refractivity contribution in [2.24, 2.45) is 0 Å². The molecular formula is C26H32N4O6S. The van der Waals surface area contributed by atoms with Gasteiger partial charge in [0.15, 0.2) is 0 Å². The van der Waals surface area contributed by atoms with Crippen molar-refractivity contribution in [3.05, 3.63) is 53.9 Å². The van der Waals surface area contributed by atoms with Crippen LogP contribution >= 0.6 is 0 Å². The van der Waals surface area contributed by atoms with Crippen LogP contribution in [-0.4, -0.2) is 68.0 Å². The van der Waals surface area contributed by atoms with E-state index in [0.717, 1.165) is 24.8 Å². The van der Waals surface area contributed by atoms with Crippen LogP contribution in [0.25, 0.3) is 11.4 Å². The Balaban J connectivity index is 1.40. The zero-order valence-electron chi connectivity index (χ0n) is 21.3. The summed E-state index contributed by atoms with van der Waals surface area (Å²) in [6.07, 6.45) is 3.27. The molecule has 0 unspecified atom stereocenters. The van der Waals surface area contributed by atoms with Crippen molar-refractivity contribution in [3.63, 3.8) is 0 Å². The molecule has 1 fully saturated rings. The summed E-state index contributed by atoms with van der Waals surface area (Å²) in [5.41, 5.74) is 1.41. The van der Waals surface area contributed by atoms with Gasteiger partial charge in [-0.3, -0.25) is 4.79 Å². The summed E-state index contributed by atoms with van der Waals surface area (Å²) in [6, 6.07) is 12.1. The number of ether oxygens (including phenoxy) is 2. The first-order valence-electron chi connectivity index (χ1n) is 12.2. The van der Waals surface area contributed by atoms with E-state index in [0.29, 0.717) is 48.3 Å². The average molecular weight is 529 g/mol. The minimum Gasteiger partial charge on any atom is -0.497 e. The number of piperidine rings is 1. The fourth-order valence-electron chi connectivity index (χ4n) is 4.29. The number of hydrogen-bond donors (Lipinski definition) is 0. The van der Waals surface area contributed by atoms with E-state index in [1.807, 2.05) is 18.2 Å². The smallest absolute Gasteiger partial charge is 0.246 e. The van der Waals surface area contributed by atoms with Gasteiger partial charge in [-0.05, 0) is 55.2 Å². The normalized spacial score (nSPS) is 14.4. The molecule has 0 spiro atoms. The zero-order chi connectivity index (χ0) is 26.4. The monoisotopic (exact) mass is 528 g/mol.